The Morgan fingerprint density at radius 2 is 1.76 bits per heavy atom. The Balaban J connectivity index is 2.48. The molecule has 1 atom stereocenters. The van der Waals surface area contributed by atoms with Crippen molar-refractivity contribution in [2.24, 2.45) is 5.41 Å². The fourth-order valence-corrected chi connectivity index (χ4v) is 3.18. The second-order valence-electron chi connectivity index (χ2n) is 6.00. The smallest absolute Gasteiger partial charge is 0.236 e. The zero-order valence-electron chi connectivity index (χ0n) is 12.9. The lowest BCUT2D eigenvalue weighted by Crippen LogP contribution is -2.51. The SMILES string of the molecule is CCC1(CC)CC(=O)N(C(C)(CO)c2ccccc2)C1=O. The molecule has 1 N–H and O–H groups in total. The van der Waals surface area contributed by atoms with Crippen LogP contribution in [0.4, 0.5) is 0 Å². The third kappa shape index (κ3) is 2.27. The summed E-state index contributed by atoms with van der Waals surface area (Å²) in [5.74, 6) is -0.345. The second-order valence-corrected chi connectivity index (χ2v) is 6.00. The van der Waals surface area contributed by atoms with Crippen LogP contribution >= 0.6 is 0 Å². The van der Waals surface area contributed by atoms with E-state index in [9.17, 15) is 14.7 Å². The van der Waals surface area contributed by atoms with Gasteiger partial charge in [-0.1, -0.05) is 44.2 Å². The summed E-state index contributed by atoms with van der Waals surface area (Å²) in [4.78, 5) is 26.7. The molecule has 1 fully saturated rings. The minimum Gasteiger partial charge on any atom is -0.394 e. The highest BCUT2D eigenvalue weighted by molar-refractivity contribution is 6.06. The highest BCUT2D eigenvalue weighted by atomic mass is 16.3. The maximum atomic E-state index is 12.9. The van der Waals surface area contributed by atoms with Crippen molar-refractivity contribution in [2.45, 2.75) is 45.6 Å². The number of aliphatic hydroxyl groups is 1. The van der Waals surface area contributed by atoms with Crippen LogP contribution in [0.1, 0.15) is 45.6 Å². The molecule has 1 aliphatic rings. The monoisotopic (exact) mass is 289 g/mol. The lowest BCUT2D eigenvalue weighted by atomic mass is 9.80. The predicted molar refractivity (Wildman–Crippen MR) is 80.4 cm³/mol. The van der Waals surface area contributed by atoms with Crippen molar-refractivity contribution in [1.29, 1.82) is 0 Å². The number of imide groups is 1. The van der Waals surface area contributed by atoms with Gasteiger partial charge in [0, 0.05) is 6.42 Å². The van der Waals surface area contributed by atoms with E-state index in [2.05, 4.69) is 0 Å². The van der Waals surface area contributed by atoms with E-state index in [4.69, 9.17) is 0 Å². The summed E-state index contributed by atoms with van der Waals surface area (Å²) < 4.78 is 0. The lowest BCUT2D eigenvalue weighted by molar-refractivity contribution is -0.150. The van der Waals surface area contributed by atoms with E-state index in [-0.39, 0.29) is 24.8 Å². The molecule has 0 radical (unpaired) electrons. The first-order valence-electron chi connectivity index (χ1n) is 7.49. The Kier molecular flexibility index (Phi) is 4.19. The minimum atomic E-state index is -0.998. The second kappa shape index (κ2) is 5.60. The van der Waals surface area contributed by atoms with Gasteiger partial charge in [0.2, 0.25) is 11.8 Å². The molecule has 0 spiro atoms. The van der Waals surface area contributed by atoms with Crippen molar-refractivity contribution in [1.82, 2.24) is 4.90 Å². The van der Waals surface area contributed by atoms with Crippen LogP contribution in [-0.2, 0) is 15.1 Å². The fraction of sp³-hybridized carbons (Fsp3) is 0.529. The largest absolute Gasteiger partial charge is 0.394 e. The molecule has 0 saturated carbocycles. The molecule has 0 aliphatic carbocycles. The van der Waals surface area contributed by atoms with Crippen LogP contribution in [0.15, 0.2) is 30.3 Å². The Hall–Kier alpha value is -1.68. The Bertz CT molecular complexity index is 536. The van der Waals surface area contributed by atoms with Crippen molar-refractivity contribution < 1.29 is 14.7 Å². The molecule has 1 saturated heterocycles. The zero-order valence-corrected chi connectivity index (χ0v) is 12.9. The maximum absolute atomic E-state index is 12.9. The summed E-state index contributed by atoms with van der Waals surface area (Å²) in [5, 5.41) is 9.90. The van der Waals surface area contributed by atoms with E-state index in [0.717, 1.165) is 5.56 Å². The first-order valence-corrected chi connectivity index (χ1v) is 7.49. The molecule has 1 heterocycles. The molecule has 1 aliphatic heterocycles. The third-order valence-electron chi connectivity index (χ3n) is 4.95. The maximum Gasteiger partial charge on any atom is 0.236 e. The van der Waals surface area contributed by atoms with Gasteiger partial charge in [-0.15, -0.1) is 0 Å². The van der Waals surface area contributed by atoms with Gasteiger partial charge in [-0.05, 0) is 25.3 Å². The van der Waals surface area contributed by atoms with E-state index in [1.54, 1.807) is 6.92 Å². The van der Waals surface area contributed by atoms with Crippen LogP contribution in [0.2, 0.25) is 0 Å². The number of amides is 2. The number of hydrogen-bond acceptors (Lipinski definition) is 3. The number of carbonyl (C=O) groups is 2. The van der Waals surface area contributed by atoms with E-state index in [1.165, 1.54) is 4.90 Å². The van der Waals surface area contributed by atoms with Crippen LogP contribution < -0.4 is 0 Å². The number of benzene rings is 1. The minimum absolute atomic E-state index is 0.155. The Labute approximate surface area is 125 Å². The quantitative estimate of drug-likeness (QED) is 0.847. The average Bonchev–Trinajstić information content (AvgIpc) is 2.79. The van der Waals surface area contributed by atoms with Crippen LogP contribution in [-0.4, -0.2) is 28.4 Å². The summed E-state index contributed by atoms with van der Waals surface area (Å²) in [7, 11) is 0. The average molecular weight is 289 g/mol. The molecule has 2 amide bonds. The molecule has 1 unspecified atom stereocenters. The molecule has 21 heavy (non-hydrogen) atoms. The summed E-state index contributed by atoms with van der Waals surface area (Å²) in [6.07, 6.45) is 1.52. The van der Waals surface area contributed by atoms with E-state index < -0.39 is 11.0 Å². The summed E-state index contributed by atoms with van der Waals surface area (Å²) in [6.45, 7) is 5.35. The van der Waals surface area contributed by atoms with Gasteiger partial charge >= 0.3 is 0 Å². The van der Waals surface area contributed by atoms with Crippen LogP contribution in [0.5, 0.6) is 0 Å². The summed E-state index contributed by atoms with van der Waals surface area (Å²) >= 11 is 0. The first-order chi connectivity index (χ1) is 9.95. The molecule has 4 heteroatoms. The van der Waals surface area contributed by atoms with Gasteiger partial charge < -0.3 is 5.11 Å². The van der Waals surface area contributed by atoms with Crippen LogP contribution in [0, 0.1) is 5.41 Å². The van der Waals surface area contributed by atoms with Crippen LogP contribution in [0.25, 0.3) is 0 Å². The standard InChI is InChI=1S/C17H23NO3/c1-4-17(5-2)11-14(20)18(15(17)21)16(3,12-19)13-9-7-6-8-10-13/h6-10,19H,4-5,11-12H2,1-3H3. The number of likely N-dealkylation sites (tertiary alicyclic amines) is 1. The number of hydrogen-bond donors (Lipinski definition) is 1. The molecule has 114 valence electrons. The van der Waals surface area contributed by atoms with Crippen molar-refractivity contribution >= 4 is 11.8 Å². The number of aliphatic hydroxyl groups excluding tert-OH is 1. The molecule has 2 rings (SSSR count). The highest BCUT2D eigenvalue weighted by Crippen LogP contribution is 2.44. The fourth-order valence-electron chi connectivity index (χ4n) is 3.18. The van der Waals surface area contributed by atoms with Gasteiger partial charge in [-0.25, -0.2) is 0 Å². The van der Waals surface area contributed by atoms with Gasteiger partial charge in [-0.3, -0.25) is 14.5 Å². The topological polar surface area (TPSA) is 57.6 Å². The zero-order chi connectivity index (χ0) is 15.7. The van der Waals surface area contributed by atoms with Gasteiger partial charge in [0.1, 0.15) is 0 Å². The molecule has 0 bridgehead atoms. The third-order valence-corrected chi connectivity index (χ3v) is 4.95. The van der Waals surface area contributed by atoms with Crippen molar-refractivity contribution in [3.8, 4) is 0 Å². The molecular weight excluding hydrogens is 266 g/mol. The van der Waals surface area contributed by atoms with E-state index in [0.29, 0.717) is 12.8 Å². The lowest BCUT2D eigenvalue weighted by Gasteiger charge is -2.37. The van der Waals surface area contributed by atoms with Gasteiger partial charge in [0.25, 0.3) is 0 Å². The predicted octanol–water partition coefficient (Wildman–Crippen LogP) is 2.46. The highest BCUT2D eigenvalue weighted by Gasteiger charge is 2.55. The molecular formula is C17H23NO3. The Morgan fingerprint density at radius 3 is 2.19 bits per heavy atom. The number of nitrogens with zero attached hydrogens (tertiary/aromatic N) is 1. The van der Waals surface area contributed by atoms with Crippen molar-refractivity contribution in [3.63, 3.8) is 0 Å². The Morgan fingerprint density at radius 1 is 1.19 bits per heavy atom. The normalized spacial score (nSPS) is 20.7. The van der Waals surface area contributed by atoms with Gasteiger partial charge in [0.05, 0.1) is 17.6 Å². The molecule has 4 nitrogen and oxygen atoms in total. The van der Waals surface area contributed by atoms with E-state index >= 15 is 0 Å². The first kappa shape index (κ1) is 15.7. The van der Waals surface area contributed by atoms with Crippen molar-refractivity contribution in [3.05, 3.63) is 35.9 Å². The van der Waals surface area contributed by atoms with Crippen LogP contribution in [0.3, 0.4) is 0 Å². The molecule has 1 aromatic rings. The molecule has 1 aromatic carbocycles. The molecule has 0 aromatic heterocycles. The number of rotatable bonds is 5. The van der Waals surface area contributed by atoms with Crippen molar-refractivity contribution in [2.75, 3.05) is 6.61 Å². The van der Waals surface area contributed by atoms with Gasteiger partial charge in [-0.2, -0.15) is 0 Å². The number of carbonyl (C=O) groups excluding carboxylic acids is 2. The van der Waals surface area contributed by atoms with Gasteiger partial charge in [0.15, 0.2) is 0 Å². The summed E-state index contributed by atoms with van der Waals surface area (Å²) in [6, 6.07) is 9.25. The van der Waals surface area contributed by atoms with E-state index in [1.807, 2.05) is 44.2 Å². The summed E-state index contributed by atoms with van der Waals surface area (Å²) in [5.41, 5.74) is -0.832.